The summed E-state index contributed by atoms with van der Waals surface area (Å²) in [4.78, 5) is 12.2. The second kappa shape index (κ2) is 5.64. The largest absolute Gasteiger partial charge is 0.465 e. The molecule has 0 saturated heterocycles. The number of aliphatic hydroxyl groups excluding tert-OH is 1. The average Bonchev–Trinajstić information content (AvgIpc) is 2.53. The molecule has 0 aromatic rings. The Morgan fingerprint density at radius 3 is 2.40 bits per heavy atom. The lowest BCUT2D eigenvalue weighted by Crippen LogP contribution is -2.50. The fraction of sp³-hybridized carbons (Fsp3) is 0.938. The quantitative estimate of drug-likeness (QED) is 0.779. The van der Waals surface area contributed by atoms with Gasteiger partial charge in [0.2, 0.25) is 0 Å². The van der Waals surface area contributed by atoms with Crippen LogP contribution in [0.4, 0.5) is 0 Å². The van der Waals surface area contributed by atoms with Gasteiger partial charge in [-0.15, -0.1) is 0 Å². The van der Waals surface area contributed by atoms with E-state index in [0.29, 0.717) is 19.4 Å². The molecule has 0 amide bonds. The fourth-order valence-electron chi connectivity index (χ4n) is 3.02. The third kappa shape index (κ3) is 3.01. The van der Waals surface area contributed by atoms with Crippen molar-refractivity contribution < 1.29 is 19.7 Å². The Kier molecular flexibility index (Phi) is 4.92. The summed E-state index contributed by atoms with van der Waals surface area (Å²) in [7, 11) is 0. The van der Waals surface area contributed by atoms with Crippen LogP contribution >= 0.6 is 0 Å². The number of ether oxygens (including phenoxy) is 1. The molecule has 0 bridgehead atoms. The van der Waals surface area contributed by atoms with Crippen molar-refractivity contribution in [3.63, 3.8) is 0 Å². The molecule has 4 heteroatoms. The highest BCUT2D eigenvalue weighted by molar-refractivity contribution is 5.78. The van der Waals surface area contributed by atoms with Crippen LogP contribution in [-0.2, 0) is 9.53 Å². The van der Waals surface area contributed by atoms with Crippen LogP contribution in [0.15, 0.2) is 0 Å². The maximum Gasteiger partial charge on any atom is 0.314 e. The highest BCUT2D eigenvalue weighted by Crippen LogP contribution is 2.52. The monoisotopic (exact) mass is 286 g/mol. The first-order valence-electron chi connectivity index (χ1n) is 7.54. The van der Waals surface area contributed by atoms with E-state index in [-0.39, 0.29) is 17.3 Å². The molecule has 4 nitrogen and oxygen atoms in total. The average molecular weight is 286 g/mol. The number of carbonyl (C=O) groups is 1. The van der Waals surface area contributed by atoms with Gasteiger partial charge in [0.1, 0.15) is 0 Å². The second-order valence-corrected chi connectivity index (χ2v) is 7.55. The Morgan fingerprint density at radius 1 is 1.40 bits per heavy atom. The molecule has 2 N–H and O–H groups in total. The van der Waals surface area contributed by atoms with E-state index in [4.69, 9.17) is 4.74 Å². The highest BCUT2D eigenvalue weighted by atomic mass is 16.5. The van der Waals surface area contributed by atoms with E-state index in [1.807, 2.05) is 20.8 Å². The molecular weight excluding hydrogens is 256 g/mol. The van der Waals surface area contributed by atoms with Crippen LogP contribution in [0.25, 0.3) is 0 Å². The first kappa shape index (κ1) is 17.4. The Labute approximate surface area is 122 Å². The summed E-state index contributed by atoms with van der Waals surface area (Å²) in [5.74, 6) is -0.427. The van der Waals surface area contributed by atoms with Crippen molar-refractivity contribution in [1.82, 2.24) is 0 Å². The van der Waals surface area contributed by atoms with Crippen LogP contribution in [0.3, 0.4) is 0 Å². The molecule has 20 heavy (non-hydrogen) atoms. The van der Waals surface area contributed by atoms with Crippen LogP contribution in [0.2, 0.25) is 0 Å². The molecule has 118 valence electrons. The van der Waals surface area contributed by atoms with Crippen molar-refractivity contribution in [3.8, 4) is 0 Å². The molecule has 0 aliphatic heterocycles. The smallest absolute Gasteiger partial charge is 0.314 e. The topological polar surface area (TPSA) is 66.8 Å². The fourth-order valence-corrected chi connectivity index (χ4v) is 3.02. The SMILES string of the molecule is CCOC(=O)[C@]1(C)CC[C@@H](CC(O)C(C)(C)C)[C@]1(C)O. The Bertz CT molecular complexity index is 356. The summed E-state index contributed by atoms with van der Waals surface area (Å²) in [6, 6.07) is 0. The first-order chi connectivity index (χ1) is 8.96. The van der Waals surface area contributed by atoms with Crippen molar-refractivity contribution in [2.75, 3.05) is 6.61 Å². The molecule has 1 saturated carbocycles. The summed E-state index contributed by atoms with van der Waals surface area (Å²) < 4.78 is 5.12. The number of hydrogen-bond donors (Lipinski definition) is 2. The molecule has 4 atom stereocenters. The standard InChI is InChI=1S/C16H30O4/c1-7-20-13(18)15(5)9-8-11(16(15,6)19)10-12(17)14(2,3)4/h11-12,17,19H,7-10H2,1-6H3/t11-,12?,15-,16-/m0/s1. The summed E-state index contributed by atoms with van der Waals surface area (Å²) in [6.45, 7) is 11.5. The maximum absolute atomic E-state index is 12.2. The summed E-state index contributed by atoms with van der Waals surface area (Å²) in [5, 5.41) is 21.1. The lowest BCUT2D eigenvalue weighted by atomic mass is 9.71. The van der Waals surface area contributed by atoms with Gasteiger partial charge in [0.05, 0.1) is 23.7 Å². The number of carbonyl (C=O) groups excluding carboxylic acids is 1. The molecule has 1 aliphatic carbocycles. The normalized spacial score (nSPS) is 35.9. The van der Waals surface area contributed by atoms with E-state index in [0.717, 1.165) is 6.42 Å². The van der Waals surface area contributed by atoms with E-state index in [1.165, 1.54) is 0 Å². The molecule has 1 fully saturated rings. The maximum atomic E-state index is 12.2. The van der Waals surface area contributed by atoms with Crippen molar-refractivity contribution in [1.29, 1.82) is 0 Å². The number of esters is 1. The minimum atomic E-state index is -1.15. The van der Waals surface area contributed by atoms with E-state index >= 15 is 0 Å². The van der Waals surface area contributed by atoms with Crippen molar-refractivity contribution in [2.24, 2.45) is 16.7 Å². The molecule has 0 heterocycles. The zero-order valence-electron chi connectivity index (χ0n) is 13.7. The molecule has 1 rings (SSSR count). The number of hydrogen-bond acceptors (Lipinski definition) is 4. The molecule has 0 aromatic carbocycles. The lowest BCUT2D eigenvalue weighted by molar-refractivity contribution is -0.171. The van der Waals surface area contributed by atoms with Crippen LogP contribution in [-0.4, -0.2) is 34.5 Å². The second-order valence-electron chi connectivity index (χ2n) is 7.55. The van der Waals surface area contributed by atoms with Gasteiger partial charge in [-0.05, 0) is 51.4 Å². The zero-order valence-corrected chi connectivity index (χ0v) is 13.7. The van der Waals surface area contributed by atoms with Crippen LogP contribution in [0, 0.1) is 16.7 Å². The number of rotatable bonds is 4. The van der Waals surface area contributed by atoms with Crippen LogP contribution in [0.5, 0.6) is 0 Å². The molecule has 1 unspecified atom stereocenters. The Balaban J connectivity index is 2.87. The molecule has 0 spiro atoms. The van der Waals surface area contributed by atoms with E-state index in [2.05, 4.69) is 0 Å². The third-order valence-corrected chi connectivity index (χ3v) is 5.14. The summed E-state index contributed by atoms with van der Waals surface area (Å²) in [6.07, 6.45) is 1.34. The zero-order chi connectivity index (χ0) is 15.8. The predicted octanol–water partition coefficient (Wildman–Crippen LogP) is 2.51. The van der Waals surface area contributed by atoms with E-state index < -0.39 is 17.1 Å². The van der Waals surface area contributed by atoms with Gasteiger partial charge in [0.25, 0.3) is 0 Å². The molecule has 1 aliphatic rings. The Morgan fingerprint density at radius 2 is 1.95 bits per heavy atom. The van der Waals surface area contributed by atoms with Gasteiger partial charge < -0.3 is 14.9 Å². The van der Waals surface area contributed by atoms with Gasteiger partial charge in [-0.1, -0.05) is 20.8 Å². The van der Waals surface area contributed by atoms with Crippen molar-refractivity contribution in [2.45, 2.75) is 72.5 Å². The van der Waals surface area contributed by atoms with E-state index in [9.17, 15) is 15.0 Å². The van der Waals surface area contributed by atoms with Gasteiger partial charge in [-0.3, -0.25) is 4.79 Å². The van der Waals surface area contributed by atoms with E-state index in [1.54, 1.807) is 20.8 Å². The third-order valence-electron chi connectivity index (χ3n) is 5.14. The van der Waals surface area contributed by atoms with Crippen molar-refractivity contribution in [3.05, 3.63) is 0 Å². The van der Waals surface area contributed by atoms with Crippen LogP contribution < -0.4 is 0 Å². The summed E-state index contributed by atoms with van der Waals surface area (Å²) >= 11 is 0. The van der Waals surface area contributed by atoms with Gasteiger partial charge in [0.15, 0.2) is 0 Å². The summed E-state index contributed by atoms with van der Waals surface area (Å²) in [5.41, 5.74) is -2.25. The molecule has 0 aromatic heterocycles. The van der Waals surface area contributed by atoms with Crippen LogP contribution in [0.1, 0.15) is 60.8 Å². The highest BCUT2D eigenvalue weighted by Gasteiger charge is 2.59. The van der Waals surface area contributed by atoms with Gasteiger partial charge in [-0.2, -0.15) is 0 Å². The van der Waals surface area contributed by atoms with Gasteiger partial charge in [-0.25, -0.2) is 0 Å². The molecule has 0 radical (unpaired) electrons. The minimum Gasteiger partial charge on any atom is -0.465 e. The minimum absolute atomic E-state index is 0.0915. The molecular formula is C16H30O4. The van der Waals surface area contributed by atoms with Gasteiger partial charge >= 0.3 is 5.97 Å². The number of aliphatic hydroxyl groups is 2. The predicted molar refractivity (Wildman–Crippen MR) is 78.2 cm³/mol. The lowest BCUT2D eigenvalue weighted by Gasteiger charge is -2.39. The first-order valence-corrected chi connectivity index (χ1v) is 7.54. The van der Waals surface area contributed by atoms with Crippen molar-refractivity contribution >= 4 is 5.97 Å². The Hall–Kier alpha value is -0.610. The van der Waals surface area contributed by atoms with Gasteiger partial charge in [0, 0.05) is 0 Å².